The van der Waals surface area contributed by atoms with E-state index in [2.05, 4.69) is 4.72 Å². The Morgan fingerprint density at radius 3 is 1.70 bits per heavy atom. The average molecular weight is 765 g/mol. The van der Waals surface area contributed by atoms with Crippen molar-refractivity contribution in [1.82, 2.24) is 4.72 Å². The molecule has 282 valence electrons. The van der Waals surface area contributed by atoms with Crippen molar-refractivity contribution in [2.45, 2.75) is 42.3 Å². The largest absolute Gasteiger partial charge is 0.489 e. The molecule has 0 heterocycles. The average Bonchev–Trinajstić information content (AvgIpc) is 3.16. The topological polar surface area (TPSA) is 143 Å². The van der Waals surface area contributed by atoms with Gasteiger partial charge in [-0.1, -0.05) is 103 Å². The van der Waals surface area contributed by atoms with E-state index in [1.165, 1.54) is 55.5 Å². The lowest BCUT2D eigenvalue weighted by molar-refractivity contribution is -0.387. The Morgan fingerprint density at radius 1 is 0.741 bits per heavy atom. The molecular weight excluding hydrogens is 729 g/mol. The number of hydrogen-bond acceptors (Lipinski definition) is 9. The quantitative estimate of drug-likeness (QED) is 0.0611. The molecule has 0 aliphatic rings. The molecule has 0 radical (unpaired) electrons. The number of halogens is 3. The van der Waals surface area contributed by atoms with Gasteiger partial charge in [-0.15, -0.1) is 0 Å². The maximum atomic E-state index is 14.8. The number of sulfonamides is 1. The number of carbonyl (C=O) groups excluding carboxylic acids is 1. The number of alkyl halides is 3. The molecule has 5 aromatic carbocycles. The molecule has 0 amide bonds. The van der Waals surface area contributed by atoms with E-state index in [4.69, 9.17) is 18.9 Å². The predicted molar refractivity (Wildman–Crippen MR) is 191 cm³/mol. The van der Waals surface area contributed by atoms with Crippen molar-refractivity contribution in [2.75, 3.05) is 13.7 Å². The first-order valence-corrected chi connectivity index (χ1v) is 17.8. The van der Waals surface area contributed by atoms with E-state index in [1.807, 2.05) is 60.7 Å². The van der Waals surface area contributed by atoms with Gasteiger partial charge in [0.25, 0.3) is 11.3 Å². The predicted octanol–water partition coefficient (Wildman–Crippen LogP) is 7.59. The van der Waals surface area contributed by atoms with Gasteiger partial charge in [0.2, 0.25) is 10.0 Å². The van der Waals surface area contributed by atoms with Crippen molar-refractivity contribution in [3.05, 3.63) is 166 Å². The summed E-state index contributed by atoms with van der Waals surface area (Å²) in [6.45, 7) is 0.318. The monoisotopic (exact) mass is 764 g/mol. The van der Waals surface area contributed by atoms with Gasteiger partial charge in [-0.25, -0.2) is 13.2 Å². The van der Waals surface area contributed by atoms with Gasteiger partial charge in [0, 0.05) is 24.8 Å². The lowest BCUT2D eigenvalue weighted by Gasteiger charge is -2.35. The minimum Gasteiger partial charge on any atom is -0.489 e. The highest BCUT2D eigenvalue weighted by atomic mass is 32.2. The van der Waals surface area contributed by atoms with Crippen LogP contribution >= 0.6 is 0 Å². The van der Waals surface area contributed by atoms with Crippen LogP contribution in [0.3, 0.4) is 0 Å². The van der Waals surface area contributed by atoms with Crippen LogP contribution in [0.5, 0.6) is 11.5 Å². The smallest absolute Gasteiger partial charge is 0.432 e. The van der Waals surface area contributed by atoms with Crippen molar-refractivity contribution >= 4 is 21.7 Å². The first kappa shape index (κ1) is 39.4. The Balaban J connectivity index is 1.61. The fourth-order valence-corrected chi connectivity index (χ4v) is 7.15. The second-order valence-electron chi connectivity index (χ2n) is 12.2. The van der Waals surface area contributed by atoms with Gasteiger partial charge in [-0.3, -0.25) is 10.1 Å². The molecule has 1 N–H and O–H groups in total. The fraction of sp³-hybridized carbons (Fsp3) is 0.205. The molecule has 5 aromatic rings. The number of carbonyl (C=O) groups is 1. The molecule has 0 fully saturated rings. The minimum absolute atomic E-state index is 0.0146. The highest BCUT2D eigenvalue weighted by Gasteiger charge is 2.64. The number of nitro benzene ring substituents is 1. The summed E-state index contributed by atoms with van der Waals surface area (Å²) in [7, 11) is -4.17. The molecule has 0 aromatic heterocycles. The van der Waals surface area contributed by atoms with Crippen LogP contribution in [-0.4, -0.2) is 39.2 Å². The Morgan fingerprint density at radius 2 is 1.22 bits per heavy atom. The molecule has 11 nitrogen and oxygen atoms in total. The number of methoxy groups -OCH3 is 1. The molecule has 0 spiro atoms. The van der Waals surface area contributed by atoms with Gasteiger partial charge in [0.1, 0.15) is 31.3 Å². The van der Waals surface area contributed by atoms with Crippen LogP contribution in [0.1, 0.15) is 29.2 Å². The summed E-state index contributed by atoms with van der Waals surface area (Å²) in [4.78, 5) is 23.9. The van der Waals surface area contributed by atoms with Crippen LogP contribution in [0.25, 0.3) is 0 Å². The number of benzene rings is 5. The number of rotatable bonds is 16. The molecule has 0 bridgehead atoms. The first-order valence-electron chi connectivity index (χ1n) is 16.3. The van der Waals surface area contributed by atoms with Crippen LogP contribution < -0.4 is 14.2 Å². The summed E-state index contributed by atoms with van der Waals surface area (Å²) < 4.78 is 97.1. The van der Waals surface area contributed by atoms with Gasteiger partial charge >= 0.3 is 12.1 Å². The molecule has 5 rings (SSSR count). The maximum absolute atomic E-state index is 14.8. The third-order valence-electron chi connectivity index (χ3n) is 8.39. The molecule has 0 saturated heterocycles. The van der Waals surface area contributed by atoms with Gasteiger partial charge < -0.3 is 18.9 Å². The Bertz CT molecular complexity index is 2110. The number of nitrogens with zero attached hydrogens (tertiary/aromatic N) is 1. The summed E-state index contributed by atoms with van der Waals surface area (Å²) >= 11 is 0. The number of esters is 1. The van der Waals surface area contributed by atoms with Crippen molar-refractivity contribution in [2.24, 2.45) is 0 Å². The highest BCUT2D eigenvalue weighted by molar-refractivity contribution is 7.89. The molecule has 15 heteroatoms. The van der Waals surface area contributed by atoms with Crippen molar-refractivity contribution in [3.63, 3.8) is 0 Å². The molecule has 1 unspecified atom stereocenters. The molecule has 2 atom stereocenters. The van der Waals surface area contributed by atoms with E-state index in [1.54, 1.807) is 0 Å². The van der Waals surface area contributed by atoms with Gasteiger partial charge in [0.15, 0.2) is 4.90 Å². The summed E-state index contributed by atoms with van der Waals surface area (Å²) in [6.07, 6.45) is -5.33. The highest BCUT2D eigenvalue weighted by Crippen LogP contribution is 2.43. The van der Waals surface area contributed by atoms with Crippen LogP contribution in [0.2, 0.25) is 0 Å². The summed E-state index contributed by atoms with van der Waals surface area (Å²) in [5.41, 5.74) is -5.48. The third kappa shape index (κ3) is 8.87. The van der Waals surface area contributed by atoms with Crippen molar-refractivity contribution in [1.29, 1.82) is 0 Å². The van der Waals surface area contributed by atoms with Crippen LogP contribution in [0.15, 0.2) is 138 Å². The summed E-state index contributed by atoms with van der Waals surface area (Å²) in [6, 6.07) is 33.1. The van der Waals surface area contributed by atoms with E-state index < -0.39 is 61.0 Å². The fourth-order valence-electron chi connectivity index (χ4n) is 5.60. The van der Waals surface area contributed by atoms with Gasteiger partial charge in [-0.05, 0) is 41.8 Å². The van der Waals surface area contributed by atoms with E-state index in [0.717, 1.165) is 35.4 Å². The second-order valence-corrected chi connectivity index (χ2v) is 13.9. The minimum atomic E-state index is -5.33. The molecular formula is C39H35F3N2O9S. The van der Waals surface area contributed by atoms with E-state index in [-0.39, 0.29) is 30.3 Å². The number of nitro groups is 1. The van der Waals surface area contributed by atoms with E-state index in [9.17, 15) is 36.5 Å². The second kappa shape index (κ2) is 16.5. The van der Waals surface area contributed by atoms with Crippen LogP contribution in [0.4, 0.5) is 18.9 Å². The van der Waals surface area contributed by atoms with E-state index >= 15 is 0 Å². The molecule has 54 heavy (non-hydrogen) atoms. The van der Waals surface area contributed by atoms with Crippen LogP contribution in [0, 0.1) is 10.1 Å². The Kier molecular flexibility index (Phi) is 12.0. The zero-order valence-corrected chi connectivity index (χ0v) is 29.8. The van der Waals surface area contributed by atoms with Gasteiger partial charge in [-0.2, -0.15) is 17.9 Å². The Labute approximate surface area is 309 Å². The number of para-hydroxylation sites is 1. The standard InChI is InChI=1S/C39H35F3N2O9S/c1-37(43-54(48,49)35-21-13-12-20-34(35)44(46)47,27-53-36(45)38(50-2,39(40,41)42)30-18-10-5-11-19-30)31-22-32(51-25-28-14-6-3-7-15-28)24-33(23-31)52-26-29-16-8-4-9-17-29/h3-24,43H,25-27H2,1-2H3/t37?,38-/m0/s1. The molecule has 0 aliphatic carbocycles. The third-order valence-corrected chi connectivity index (χ3v) is 10.0. The number of ether oxygens (including phenoxy) is 4. The normalized spacial score (nSPS) is 13.9. The maximum Gasteiger partial charge on any atom is 0.432 e. The Hall–Kier alpha value is -5.77. The molecule has 0 aliphatic heterocycles. The zero-order chi connectivity index (χ0) is 39.0. The zero-order valence-electron chi connectivity index (χ0n) is 29.0. The van der Waals surface area contributed by atoms with Crippen LogP contribution in [-0.2, 0) is 48.6 Å². The lowest BCUT2D eigenvalue weighted by Crippen LogP contribution is -2.54. The van der Waals surface area contributed by atoms with Gasteiger partial charge in [0.05, 0.1) is 10.5 Å². The summed E-state index contributed by atoms with van der Waals surface area (Å²) in [5.74, 6) is -1.57. The number of hydrogen-bond donors (Lipinski definition) is 1. The summed E-state index contributed by atoms with van der Waals surface area (Å²) in [5, 5.41) is 11.8. The first-order chi connectivity index (χ1) is 25.7. The van der Waals surface area contributed by atoms with E-state index in [0.29, 0.717) is 7.11 Å². The van der Waals surface area contributed by atoms with Crippen molar-refractivity contribution in [3.8, 4) is 11.5 Å². The van der Waals surface area contributed by atoms with Crippen molar-refractivity contribution < 1.29 is 50.3 Å². The molecule has 0 saturated carbocycles. The SMILES string of the molecule is CO[C@](C(=O)OCC(C)(NS(=O)(=O)c1ccccc1[N+](=O)[O-])c1cc(OCc2ccccc2)cc(OCc2ccccc2)c1)(c1ccccc1)C(F)(F)F. The lowest BCUT2D eigenvalue weighted by atomic mass is 9.91. The number of nitrogens with one attached hydrogen (secondary N) is 1.